The maximum atomic E-state index is 3.87. The zero-order valence-electron chi connectivity index (χ0n) is 16.9. The van der Waals surface area contributed by atoms with Crippen LogP contribution >= 0.6 is 0 Å². The van der Waals surface area contributed by atoms with Gasteiger partial charge in [0.2, 0.25) is 0 Å². The van der Waals surface area contributed by atoms with Gasteiger partial charge in [0.05, 0.1) is 0 Å². The van der Waals surface area contributed by atoms with Gasteiger partial charge < -0.3 is 0 Å². The Labute approximate surface area is 150 Å². The SMILES string of the molecule is CCC1C(C)C#CC2C3(C)CCC23C(CC(C)C)CCC12CC2C. The lowest BCUT2D eigenvalue weighted by atomic mass is 9.63. The van der Waals surface area contributed by atoms with Gasteiger partial charge in [-0.3, -0.25) is 0 Å². The largest absolute Gasteiger partial charge is 0.0996 e. The minimum absolute atomic E-state index is 0.577. The van der Waals surface area contributed by atoms with E-state index in [2.05, 4.69) is 53.4 Å². The summed E-state index contributed by atoms with van der Waals surface area (Å²) in [6.07, 6.45) is 10.1. The van der Waals surface area contributed by atoms with E-state index in [4.69, 9.17) is 0 Å². The van der Waals surface area contributed by atoms with E-state index in [1.54, 1.807) is 0 Å². The van der Waals surface area contributed by atoms with Crippen molar-refractivity contribution in [3.63, 3.8) is 0 Å². The third kappa shape index (κ3) is 2.00. The molecule has 134 valence electrons. The molecule has 4 rings (SSSR count). The quantitative estimate of drug-likeness (QED) is 0.516. The second-order valence-electron chi connectivity index (χ2n) is 10.7. The summed E-state index contributed by atoms with van der Waals surface area (Å²) in [5.41, 5.74) is 1.83. The maximum absolute atomic E-state index is 3.87. The molecule has 4 aliphatic rings. The van der Waals surface area contributed by atoms with Gasteiger partial charge in [0, 0.05) is 11.8 Å². The molecule has 0 aliphatic heterocycles. The molecule has 0 heterocycles. The van der Waals surface area contributed by atoms with Crippen LogP contribution in [0, 0.1) is 63.6 Å². The summed E-state index contributed by atoms with van der Waals surface area (Å²) in [6, 6.07) is 0. The van der Waals surface area contributed by atoms with Gasteiger partial charge in [-0.2, -0.15) is 0 Å². The molecule has 8 atom stereocenters. The standard InChI is InChI=1S/C24H38/c1-7-20-17(4)8-9-21-22(6)12-13-24(21,22)19(14-16(2)3)10-11-23(20)15-18(23)5/h16-21H,7,10-15H2,1-6H3. The molecular formula is C24H38. The summed E-state index contributed by atoms with van der Waals surface area (Å²) in [5.74, 6) is 12.5. The fourth-order valence-electron chi connectivity index (χ4n) is 7.81. The lowest BCUT2D eigenvalue weighted by Gasteiger charge is -2.41. The highest BCUT2D eigenvalue weighted by molar-refractivity contribution is 5.37. The van der Waals surface area contributed by atoms with Crippen LogP contribution < -0.4 is 0 Å². The fourth-order valence-corrected chi connectivity index (χ4v) is 7.81. The van der Waals surface area contributed by atoms with Gasteiger partial charge in [0.15, 0.2) is 0 Å². The number of hydrogen-bond donors (Lipinski definition) is 0. The Balaban J connectivity index is 1.68. The van der Waals surface area contributed by atoms with E-state index >= 15 is 0 Å². The second-order valence-corrected chi connectivity index (χ2v) is 10.7. The molecule has 0 aromatic carbocycles. The molecule has 0 nitrogen and oxygen atoms in total. The first kappa shape index (κ1) is 17.0. The molecule has 0 amide bonds. The van der Waals surface area contributed by atoms with E-state index in [9.17, 15) is 0 Å². The van der Waals surface area contributed by atoms with Gasteiger partial charge in [-0.15, -0.1) is 0 Å². The van der Waals surface area contributed by atoms with E-state index in [1.807, 2.05) is 0 Å². The van der Waals surface area contributed by atoms with Gasteiger partial charge in [0.1, 0.15) is 0 Å². The van der Waals surface area contributed by atoms with Crippen LogP contribution in [0.25, 0.3) is 0 Å². The lowest BCUT2D eigenvalue weighted by Crippen LogP contribution is -2.33. The Morgan fingerprint density at radius 1 is 1.08 bits per heavy atom. The van der Waals surface area contributed by atoms with Crippen LogP contribution in [0.1, 0.15) is 86.5 Å². The zero-order chi connectivity index (χ0) is 17.3. The molecule has 0 aromatic rings. The molecule has 0 heteroatoms. The fraction of sp³-hybridized carbons (Fsp3) is 0.917. The van der Waals surface area contributed by atoms with Crippen molar-refractivity contribution < 1.29 is 0 Å². The topological polar surface area (TPSA) is 0 Å². The Morgan fingerprint density at radius 3 is 2.29 bits per heavy atom. The monoisotopic (exact) mass is 326 g/mol. The summed E-state index contributed by atoms with van der Waals surface area (Å²) in [5, 5.41) is 0. The van der Waals surface area contributed by atoms with E-state index in [0.29, 0.717) is 22.2 Å². The molecule has 0 bridgehead atoms. The van der Waals surface area contributed by atoms with Crippen LogP contribution in [0.3, 0.4) is 0 Å². The van der Waals surface area contributed by atoms with Crippen molar-refractivity contribution in [3.05, 3.63) is 0 Å². The Kier molecular flexibility index (Phi) is 3.74. The zero-order valence-corrected chi connectivity index (χ0v) is 16.9. The Morgan fingerprint density at radius 2 is 1.79 bits per heavy atom. The Hall–Kier alpha value is -0.440. The molecule has 0 N–H and O–H groups in total. The lowest BCUT2D eigenvalue weighted by molar-refractivity contribution is 0.0783. The van der Waals surface area contributed by atoms with Crippen molar-refractivity contribution in [1.29, 1.82) is 0 Å². The van der Waals surface area contributed by atoms with Crippen LogP contribution in [0.4, 0.5) is 0 Å². The molecule has 24 heavy (non-hydrogen) atoms. The van der Waals surface area contributed by atoms with E-state index in [0.717, 1.165) is 29.6 Å². The van der Waals surface area contributed by atoms with Crippen molar-refractivity contribution in [2.24, 2.45) is 51.8 Å². The molecule has 0 saturated heterocycles. The number of rotatable bonds is 3. The Bertz CT molecular complexity index is 577. The average Bonchev–Trinajstić information content (AvgIpc) is 3.26. The first-order chi connectivity index (χ1) is 11.3. The predicted octanol–water partition coefficient (Wildman–Crippen LogP) is 6.55. The van der Waals surface area contributed by atoms with E-state index in [-0.39, 0.29) is 0 Å². The normalized spacial score (nSPS) is 55.0. The number of fused-ring (bicyclic) bond motifs is 1. The van der Waals surface area contributed by atoms with Crippen molar-refractivity contribution >= 4 is 0 Å². The summed E-state index contributed by atoms with van der Waals surface area (Å²) in [7, 11) is 0. The third-order valence-electron chi connectivity index (χ3n) is 9.38. The molecule has 3 fully saturated rings. The highest BCUT2D eigenvalue weighted by Crippen LogP contribution is 2.85. The molecule has 8 unspecified atom stereocenters. The summed E-state index contributed by atoms with van der Waals surface area (Å²) >= 11 is 0. The number of hydrogen-bond acceptors (Lipinski definition) is 0. The van der Waals surface area contributed by atoms with Crippen molar-refractivity contribution in [1.82, 2.24) is 0 Å². The van der Waals surface area contributed by atoms with Gasteiger partial charge in [-0.1, -0.05) is 59.8 Å². The minimum atomic E-state index is 0.577. The van der Waals surface area contributed by atoms with Gasteiger partial charge in [-0.05, 0) is 78.4 Å². The molecular weight excluding hydrogens is 288 g/mol. The van der Waals surface area contributed by atoms with Crippen molar-refractivity contribution in [2.75, 3.05) is 0 Å². The highest BCUT2D eigenvalue weighted by Gasteiger charge is 2.80. The maximum Gasteiger partial charge on any atom is 0.0327 e. The first-order valence-electron chi connectivity index (χ1n) is 10.8. The van der Waals surface area contributed by atoms with Gasteiger partial charge in [-0.25, -0.2) is 0 Å². The summed E-state index contributed by atoms with van der Waals surface area (Å²) < 4.78 is 0. The van der Waals surface area contributed by atoms with Crippen LogP contribution in [0.15, 0.2) is 0 Å². The highest BCUT2D eigenvalue weighted by atomic mass is 14.8. The van der Waals surface area contributed by atoms with Crippen molar-refractivity contribution in [3.8, 4) is 11.8 Å². The third-order valence-corrected chi connectivity index (χ3v) is 9.38. The predicted molar refractivity (Wildman–Crippen MR) is 102 cm³/mol. The van der Waals surface area contributed by atoms with Crippen molar-refractivity contribution in [2.45, 2.75) is 86.5 Å². The average molecular weight is 327 g/mol. The molecule has 0 radical (unpaired) electrons. The minimum Gasteiger partial charge on any atom is -0.0996 e. The molecule has 0 aromatic heterocycles. The molecule has 4 aliphatic carbocycles. The van der Waals surface area contributed by atoms with Gasteiger partial charge >= 0.3 is 0 Å². The van der Waals surface area contributed by atoms with Crippen LogP contribution in [-0.4, -0.2) is 0 Å². The first-order valence-corrected chi connectivity index (χ1v) is 10.8. The van der Waals surface area contributed by atoms with Crippen LogP contribution in [0.5, 0.6) is 0 Å². The molecule has 3 saturated carbocycles. The summed E-state index contributed by atoms with van der Waals surface area (Å²) in [6.45, 7) is 14.8. The smallest absolute Gasteiger partial charge is 0.0327 e. The van der Waals surface area contributed by atoms with Crippen LogP contribution in [0.2, 0.25) is 0 Å². The van der Waals surface area contributed by atoms with E-state index in [1.165, 1.54) is 44.9 Å². The van der Waals surface area contributed by atoms with E-state index < -0.39 is 0 Å². The summed E-state index contributed by atoms with van der Waals surface area (Å²) in [4.78, 5) is 0. The second kappa shape index (κ2) is 5.28. The molecule has 2 spiro atoms. The van der Waals surface area contributed by atoms with Gasteiger partial charge in [0.25, 0.3) is 0 Å². The van der Waals surface area contributed by atoms with Crippen LogP contribution in [-0.2, 0) is 0 Å².